The predicted octanol–water partition coefficient (Wildman–Crippen LogP) is 3.42. The maximum Gasteiger partial charge on any atom is 0.0793 e. The third kappa shape index (κ3) is 3.58. The van der Waals surface area contributed by atoms with E-state index in [0.717, 1.165) is 18.4 Å². The zero-order chi connectivity index (χ0) is 11.1. The van der Waals surface area contributed by atoms with Crippen LogP contribution in [0.25, 0.3) is 0 Å². The van der Waals surface area contributed by atoms with Gasteiger partial charge in [0.2, 0.25) is 0 Å². The van der Waals surface area contributed by atoms with Crippen molar-refractivity contribution in [2.75, 3.05) is 0 Å². The van der Waals surface area contributed by atoms with E-state index >= 15 is 0 Å². The smallest absolute Gasteiger partial charge is 0.0793 e. The number of allylic oxidation sites excluding steroid dienone is 2. The van der Waals surface area contributed by atoms with Gasteiger partial charge in [0.15, 0.2) is 0 Å². The minimum absolute atomic E-state index is 0.702. The van der Waals surface area contributed by atoms with Gasteiger partial charge < -0.3 is 5.21 Å². The molecule has 0 aromatic heterocycles. The fraction of sp³-hybridized carbons (Fsp3) is 0.308. The number of hydrogen-bond acceptors (Lipinski definition) is 2. The lowest BCUT2D eigenvalue weighted by Crippen LogP contribution is -1.97. The molecule has 0 spiro atoms. The van der Waals surface area contributed by atoms with Crippen LogP contribution in [0, 0.1) is 0 Å². The Morgan fingerprint density at radius 1 is 1.33 bits per heavy atom. The highest BCUT2D eigenvalue weighted by Gasteiger charge is 1.98. The van der Waals surface area contributed by atoms with Crippen LogP contribution in [0.2, 0.25) is 0 Å². The molecular weight excluding hydrogens is 186 g/mol. The third-order valence-electron chi connectivity index (χ3n) is 2.42. The summed E-state index contributed by atoms with van der Waals surface area (Å²) in [5.74, 6) is 0. The van der Waals surface area contributed by atoms with Crippen molar-refractivity contribution in [3.05, 3.63) is 47.5 Å². The zero-order valence-electron chi connectivity index (χ0n) is 9.27. The maximum absolute atomic E-state index is 8.68. The van der Waals surface area contributed by atoms with E-state index in [2.05, 4.69) is 30.3 Å². The average Bonchev–Trinajstić information content (AvgIpc) is 2.31. The second-order valence-corrected chi connectivity index (χ2v) is 3.46. The molecule has 0 radical (unpaired) electrons. The molecule has 1 rings (SSSR count). The van der Waals surface area contributed by atoms with Crippen LogP contribution in [0.15, 0.2) is 47.1 Å². The van der Waals surface area contributed by atoms with Crippen LogP contribution in [0.4, 0.5) is 0 Å². The van der Waals surface area contributed by atoms with Gasteiger partial charge in [-0.3, -0.25) is 0 Å². The van der Waals surface area contributed by atoms with Crippen LogP contribution >= 0.6 is 0 Å². The molecule has 1 aromatic carbocycles. The molecule has 0 aliphatic rings. The molecule has 1 aromatic rings. The largest absolute Gasteiger partial charge is 0.411 e. The minimum Gasteiger partial charge on any atom is -0.411 e. The molecule has 0 aliphatic heterocycles. The van der Waals surface area contributed by atoms with Crippen molar-refractivity contribution >= 4 is 5.71 Å². The highest BCUT2D eigenvalue weighted by molar-refractivity contribution is 5.97. The summed E-state index contributed by atoms with van der Waals surface area (Å²) in [6.45, 7) is 3.88. The Balaban J connectivity index is 2.71. The van der Waals surface area contributed by atoms with Crippen LogP contribution in [0.5, 0.6) is 0 Å². The summed E-state index contributed by atoms with van der Waals surface area (Å²) in [4.78, 5) is 0. The quantitative estimate of drug-likeness (QED) is 0.454. The van der Waals surface area contributed by atoms with Gasteiger partial charge in [-0.05, 0) is 30.9 Å². The van der Waals surface area contributed by atoms with Crippen LogP contribution in [-0.2, 0) is 6.42 Å². The third-order valence-corrected chi connectivity index (χ3v) is 2.42. The monoisotopic (exact) mass is 203 g/mol. The Bertz CT molecular complexity index is 352. The van der Waals surface area contributed by atoms with Gasteiger partial charge in [-0.25, -0.2) is 0 Å². The van der Waals surface area contributed by atoms with Crippen LogP contribution in [0.3, 0.4) is 0 Å². The first-order valence-corrected chi connectivity index (χ1v) is 5.20. The topological polar surface area (TPSA) is 32.6 Å². The molecule has 0 saturated heterocycles. The maximum atomic E-state index is 8.68. The summed E-state index contributed by atoms with van der Waals surface area (Å²) < 4.78 is 0. The summed E-state index contributed by atoms with van der Waals surface area (Å²) in [5, 5.41) is 11.9. The molecule has 80 valence electrons. The lowest BCUT2D eigenvalue weighted by molar-refractivity contribution is 0.319. The van der Waals surface area contributed by atoms with Gasteiger partial charge in [0.1, 0.15) is 0 Å². The average molecular weight is 203 g/mol. The molecule has 0 atom stereocenters. The second-order valence-electron chi connectivity index (χ2n) is 3.46. The van der Waals surface area contributed by atoms with E-state index in [9.17, 15) is 0 Å². The molecule has 0 saturated carbocycles. The van der Waals surface area contributed by atoms with Crippen molar-refractivity contribution in [1.82, 2.24) is 0 Å². The lowest BCUT2D eigenvalue weighted by Gasteiger charge is -2.02. The zero-order valence-corrected chi connectivity index (χ0v) is 9.27. The Kier molecular flexibility index (Phi) is 4.61. The number of nitrogens with zero attached hydrogens (tertiary/aromatic N) is 1. The number of oxime groups is 1. The summed E-state index contributed by atoms with van der Waals surface area (Å²) in [6, 6.07) is 10.3. The molecule has 0 aliphatic carbocycles. The lowest BCUT2D eigenvalue weighted by atomic mass is 10.0. The van der Waals surface area contributed by atoms with Crippen molar-refractivity contribution < 1.29 is 5.21 Å². The molecule has 2 nitrogen and oxygen atoms in total. The highest BCUT2D eigenvalue weighted by Crippen LogP contribution is 2.07. The SMILES string of the molecule is CCC(=C/Cc1ccccc1)/C(C)=N\O. The van der Waals surface area contributed by atoms with Gasteiger partial charge in [0.25, 0.3) is 0 Å². The van der Waals surface area contributed by atoms with Crippen molar-refractivity contribution in [2.45, 2.75) is 26.7 Å². The van der Waals surface area contributed by atoms with Gasteiger partial charge in [-0.2, -0.15) is 0 Å². The van der Waals surface area contributed by atoms with E-state index < -0.39 is 0 Å². The molecule has 0 amide bonds. The molecular formula is C13H17NO. The fourth-order valence-corrected chi connectivity index (χ4v) is 1.47. The summed E-state index contributed by atoms with van der Waals surface area (Å²) in [7, 11) is 0. The highest BCUT2D eigenvalue weighted by atomic mass is 16.4. The Morgan fingerprint density at radius 3 is 2.53 bits per heavy atom. The minimum atomic E-state index is 0.702. The van der Waals surface area contributed by atoms with Gasteiger partial charge in [0, 0.05) is 0 Å². The van der Waals surface area contributed by atoms with Crippen molar-refractivity contribution in [3.8, 4) is 0 Å². The summed E-state index contributed by atoms with van der Waals surface area (Å²) >= 11 is 0. The molecule has 0 heterocycles. The van der Waals surface area contributed by atoms with E-state index in [0.29, 0.717) is 5.71 Å². The molecule has 0 bridgehead atoms. The molecule has 0 fully saturated rings. The standard InChI is InChI=1S/C13H17NO/c1-3-13(11(2)14-15)10-9-12-7-5-4-6-8-12/h4-8,10,15H,3,9H2,1-2H3/b13-10-,14-11-. The van der Waals surface area contributed by atoms with E-state index in [4.69, 9.17) is 5.21 Å². The number of hydrogen-bond donors (Lipinski definition) is 1. The Morgan fingerprint density at radius 2 is 2.00 bits per heavy atom. The Hall–Kier alpha value is -1.57. The molecule has 1 N–H and O–H groups in total. The normalized spacial score (nSPS) is 12.9. The van der Waals surface area contributed by atoms with Gasteiger partial charge in [0.05, 0.1) is 5.71 Å². The van der Waals surface area contributed by atoms with Gasteiger partial charge >= 0.3 is 0 Å². The number of benzene rings is 1. The predicted molar refractivity (Wildman–Crippen MR) is 63.4 cm³/mol. The van der Waals surface area contributed by atoms with Crippen LogP contribution in [0.1, 0.15) is 25.8 Å². The fourth-order valence-electron chi connectivity index (χ4n) is 1.47. The summed E-state index contributed by atoms with van der Waals surface area (Å²) in [6.07, 6.45) is 3.89. The van der Waals surface area contributed by atoms with Crippen molar-refractivity contribution in [1.29, 1.82) is 0 Å². The molecule has 0 unspecified atom stereocenters. The van der Waals surface area contributed by atoms with Gasteiger partial charge in [-0.1, -0.05) is 48.5 Å². The van der Waals surface area contributed by atoms with E-state index in [1.54, 1.807) is 0 Å². The second kappa shape index (κ2) is 6.02. The Labute approximate surface area is 90.9 Å². The van der Waals surface area contributed by atoms with Gasteiger partial charge in [-0.15, -0.1) is 0 Å². The van der Waals surface area contributed by atoms with Crippen LogP contribution in [-0.4, -0.2) is 10.9 Å². The first-order valence-electron chi connectivity index (χ1n) is 5.20. The molecule has 15 heavy (non-hydrogen) atoms. The number of rotatable bonds is 4. The van der Waals surface area contributed by atoms with Crippen molar-refractivity contribution in [2.24, 2.45) is 5.16 Å². The van der Waals surface area contributed by atoms with E-state index in [1.807, 2.05) is 25.1 Å². The van der Waals surface area contributed by atoms with E-state index in [1.165, 1.54) is 5.56 Å². The first kappa shape index (κ1) is 11.5. The first-order chi connectivity index (χ1) is 7.27. The summed E-state index contributed by atoms with van der Waals surface area (Å²) in [5.41, 5.74) is 3.07. The molecule has 2 heteroatoms. The van der Waals surface area contributed by atoms with Crippen molar-refractivity contribution in [3.63, 3.8) is 0 Å². The van der Waals surface area contributed by atoms with E-state index in [-0.39, 0.29) is 0 Å². The van der Waals surface area contributed by atoms with Crippen LogP contribution < -0.4 is 0 Å².